The topological polar surface area (TPSA) is 72.5 Å². The van der Waals surface area contributed by atoms with E-state index in [0.29, 0.717) is 16.5 Å². The van der Waals surface area contributed by atoms with Gasteiger partial charge >= 0.3 is 5.97 Å². The summed E-state index contributed by atoms with van der Waals surface area (Å²) in [6, 6.07) is 6.67. The van der Waals surface area contributed by atoms with Gasteiger partial charge in [-0.05, 0) is 55.9 Å². The molecule has 136 valence electrons. The summed E-state index contributed by atoms with van der Waals surface area (Å²) in [5.74, 6) is -0.273. The molecule has 0 aromatic heterocycles. The minimum Gasteiger partial charge on any atom is -0.456 e. The zero-order valence-electron chi connectivity index (χ0n) is 14.4. The molecule has 2 rings (SSSR count). The Bertz CT molecular complexity index is 606. The Morgan fingerprint density at radius 1 is 1.08 bits per heavy atom. The monoisotopic (exact) mass is 365 g/mol. The summed E-state index contributed by atoms with van der Waals surface area (Å²) in [7, 11) is 0. The summed E-state index contributed by atoms with van der Waals surface area (Å²) in [5, 5.41) is 3.45. The van der Waals surface area contributed by atoms with E-state index in [-0.39, 0.29) is 37.2 Å². The number of ether oxygens (including phenoxy) is 1. The van der Waals surface area contributed by atoms with Crippen molar-refractivity contribution in [3.05, 3.63) is 34.9 Å². The summed E-state index contributed by atoms with van der Waals surface area (Å²) < 4.78 is 4.95. The second kappa shape index (κ2) is 9.56. The molecular weight excluding hydrogens is 342 g/mol. The lowest BCUT2D eigenvalue weighted by Crippen LogP contribution is -2.39. The van der Waals surface area contributed by atoms with Crippen LogP contribution in [-0.2, 0) is 14.3 Å². The van der Waals surface area contributed by atoms with Crippen LogP contribution in [0.4, 0.5) is 0 Å². The predicted molar refractivity (Wildman–Crippen MR) is 95.5 cm³/mol. The fourth-order valence-corrected chi connectivity index (χ4v) is 3.01. The van der Waals surface area contributed by atoms with Crippen LogP contribution in [0.15, 0.2) is 24.3 Å². The molecule has 0 unspecified atom stereocenters. The maximum atomic E-state index is 12.0. The minimum atomic E-state index is -0.547. The van der Waals surface area contributed by atoms with Crippen LogP contribution in [0, 0.1) is 5.92 Å². The number of nitrogens with one attached hydrogen (secondary N) is 1. The number of Topliss-reactive ketones (excluding diaryl/α,β-unsaturated/α-hetero) is 1. The number of rotatable bonds is 7. The molecule has 5 nitrogen and oxygen atoms in total. The zero-order chi connectivity index (χ0) is 18.2. The van der Waals surface area contributed by atoms with Gasteiger partial charge in [0, 0.05) is 23.0 Å². The van der Waals surface area contributed by atoms with Gasteiger partial charge < -0.3 is 10.1 Å². The van der Waals surface area contributed by atoms with Gasteiger partial charge in [0.2, 0.25) is 0 Å². The Labute approximate surface area is 153 Å². The van der Waals surface area contributed by atoms with E-state index in [2.05, 4.69) is 12.2 Å². The van der Waals surface area contributed by atoms with Crippen molar-refractivity contribution in [2.45, 2.75) is 51.5 Å². The summed E-state index contributed by atoms with van der Waals surface area (Å²) in [6.07, 6.45) is 4.15. The lowest BCUT2D eigenvalue weighted by molar-refractivity contribution is -0.148. The average Bonchev–Trinajstić information content (AvgIpc) is 2.60. The predicted octanol–water partition coefficient (Wildman–Crippen LogP) is 3.54. The van der Waals surface area contributed by atoms with Crippen LogP contribution in [0.5, 0.6) is 0 Å². The molecule has 25 heavy (non-hydrogen) atoms. The molecule has 1 amide bonds. The molecule has 0 heterocycles. The maximum absolute atomic E-state index is 12.0. The van der Waals surface area contributed by atoms with E-state index >= 15 is 0 Å². The highest BCUT2D eigenvalue weighted by Gasteiger charge is 2.20. The highest BCUT2D eigenvalue weighted by Crippen LogP contribution is 2.23. The Hall–Kier alpha value is -1.88. The van der Waals surface area contributed by atoms with Gasteiger partial charge in [0.05, 0.1) is 6.42 Å². The largest absolute Gasteiger partial charge is 0.456 e. The van der Waals surface area contributed by atoms with Crippen molar-refractivity contribution in [3.8, 4) is 0 Å². The Morgan fingerprint density at radius 3 is 2.36 bits per heavy atom. The first-order valence-electron chi connectivity index (χ1n) is 8.68. The van der Waals surface area contributed by atoms with Crippen molar-refractivity contribution in [1.29, 1.82) is 0 Å². The van der Waals surface area contributed by atoms with E-state index in [1.54, 1.807) is 24.3 Å². The summed E-state index contributed by atoms with van der Waals surface area (Å²) in [6.45, 7) is 1.92. The van der Waals surface area contributed by atoms with E-state index < -0.39 is 5.97 Å². The Morgan fingerprint density at radius 2 is 1.72 bits per heavy atom. The molecule has 0 saturated heterocycles. The number of carbonyl (C=O) groups excluding carboxylic acids is 3. The molecule has 0 aliphatic heterocycles. The molecular formula is C19H24ClNO4. The van der Waals surface area contributed by atoms with Gasteiger partial charge in [0.1, 0.15) is 0 Å². The average molecular weight is 366 g/mol. The zero-order valence-corrected chi connectivity index (χ0v) is 15.2. The number of carbonyl (C=O) groups is 3. The third-order valence-electron chi connectivity index (χ3n) is 4.47. The normalized spacial score (nSPS) is 19.9. The van der Waals surface area contributed by atoms with Crippen molar-refractivity contribution in [2.75, 3.05) is 6.61 Å². The lowest BCUT2D eigenvalue weighted by Gasteiger charge is -2.26. The third kappa shape index (κ3) is 6.86. The summed E-state index contributed by atoms with van der Waals surface area (Å²) in [4.78, 5) is 35.5. The molecule has 0 spiro atoms. The van der Waals surface area contributed by atoms with Gasteiger partial charge in [-0.2, -0.15) is 0 Å². The van der Waals surface area contributed by atoms with E-state index in [1.807, 2.05) is 0 Å². The van der Waals surface area contributed by atoms with Gasteiger partial charge in [-0.1, -0.05) is 18.5 Å². The van der Waals surface area contributed by atoms with Crippen LogP contribution < -0.4 is 5.32 Å². The highest BCUT2D eigenvalue weighted by atomic mass is 35.5. The van der Waals surface area contributed by atoms with Crippen LogP contribution in [0.1, 0.15) is 55.8 Å². The Kier molecular flexibility index (Phi) is 7.44. The Balaban J connectivity index is 1.64. The molecule has 0 atom stereocenters. The second-order valence-electron chi connectivity index (χ2n) is 6.62. The van der Waals surface area contributed by atoms with Gasteiger partial charge in [-0.15, -0.1) is 0 Å². The van der Waals surface area contributed by atoms with E-state index in [1.165, 1.54) is 0 Å². The second-order valence-corrected chi connectivity index (χ2v) is 7.05. The van der Waals surface area contributed by atoms with Gasteiger partial charge in [0.25, 0.3) is 5.91 Å². The first-order chi connectivity index (χ1) is 11.9. The van der Waals surface area contributed by atoms with Crippen LogP contribution >= 0.6 is 11.6 Å². The number of hydrogen-bond acceptors (Lipinski definition) is 4. The highest BCUT2D eigenvalue weighted by molar-refractivity contribution is 6.30. The molecule has 6 heteroatoms. The maximum Gasteiger partial charge on any atom is 0.306 e. The smallest absolute Gasteiger partial charge is 0.306 e. The molecule has 1 aliphatic carbocycles. The molecule has 1 saturated carbocycles. The quantitative estimate of drug-likeness (QED) is 0.592. The molecule has 1 fully saturated rings. The first-order valence-corrected chi connectivity index (χ1v) is 9.05. The van der Waals surface area contributed by atoms with Gasteiger partial charge in [-0.25, -0.2) is 0 Å². The minimum absolute atomic E-state index is 0.0442. The van der Waals surface area contributed by atoms with Crippen LogP contribution in [0.2, 0.25) is 5.02 Å². The van der Waals surface area contributed by atoms with Crippen LogP contribution in [-0.4, -0.2) is 30.3 Å². The lowest BCUT2D eigenvalue weighted by atomic mass is 9.87. The molecule has 1 aliphatic rings. The number of halogens is 1. The van der Waals surface area contributed by atoms with Gasteiger partial charge in [-0.3, -0.25) is 14.4 Å². The molecule has 1 aromatic carbocycles. The molecule has 0 radical (unpaired) electrons. The SMILES string of the molecule is CC1CCC(NC(=O)COC(=O)CCC(=O)c2ccc(Cl)cc2)CC1. The number of hydrogen-bond donors (Lipinski definition) is 1. The fraction of sp³-hybridized carbons (Fsp3) is 0.526. The van der Waals surface area contributed by atoms with E-state index in [9.17, 15) is 14.4 Å². The number of esters is 1. The first kappa shape index (κ1) is 19.4. The standard InChI is InChI=1S/C19H24ClNO4/c1-13-2-8-16(9-3-13)21-18(23)12-25-19(24)11-10-17(22)14-4-6-15(20)7-5-14/h4-7,13,16H,2-3,8-12H2,1H3,(H,21,23). The van der Waals surface area contributed by atoms with E-state index in [0.717, 1.165) is 25.7 Å². The van der Waals surface area contributed by atoms with Crippen LogP contribution in [0.3, 0.4) is 0 Å². The van der Waals surface area contributed by atoms with Crippen molar-refractivity contribution in [2.24, 2.45) is 5.92 Å². The van der Waals surface area contributed by atoms with E-state index in [4.69, 9.17) is 16.3 Å². The number of benzene rings is 1. The summed E-state index contributed by atoms with van der Waals surface area (Å²) in [5.41, 5.74) is 0.501. The number of ketones is 1. The summed E-state index contributed by atoms with van der Waals surface area (Å²) >= 11 is 5.77. The van der Waals surface area contributed by atoms with Crippen molar-refractivity contribution >= 4 is 29.3 Å². The van der Waals surface area contributed by atoms with Crippen molar-refractivity contribution in [1.82, 2.24) is 5.32 Å². The fourth-order valence-electron chi connectivity index (χ4n) is 2.89. The molecule has 1 N–H and O–H groups in total. The third-order valence-corrected chi connectivity index (χ3v) is 4.72. The van der Waals surface area contributed by atoms with Crippen LogP contribution in [0.25, 0.3) is 0 Å². The van der Waals surface area contributed by atoms with Crippen molar-refractivity contribution < 1.29 is 19.1 Å². The molecule has 0 bridgehead atoms. The molecule has 1 aromatic rings. The van der Waals surface area contributed by atoms with Gasteiger partial charge in [0.15, 0.2) is 12.4 Å². The van der Waals surface area contributed by atoms with Crippen molar-refractivity contribution in [3.63, 3.8) is 0 Å². The number of amides is 1.